The van der Waals surface area contributed by atoms with Crippen LogP contribution >= 0.6 is 34.7 Å². The van der Waals surface area contributed by atoms with Gasteiger partial charge in [-0.15, -0.1) is 0 Å². The van der Waals surface area contributed by atoms with Gasteiger partial charge in [0.15, 0.2) is 0 Å². The van der Waals surface area contributed by atoms with Crippen LogP contribution < -0.4 is 15.9 Å². The minimum absolute atomic E-state index is 0.163. The SMILES string of the molecule is Cc1nscc1CC1(N)CN(C2=NNC(c3[nH]nc4ccc(O[C@H](C)c5c(Cl)cncc5Cl)cc34)C=C2)C1. The van der Waals surface area contributed by atoms with E-state index in [0.29, 0.717) is 21.4 Å². The van der Waals surface area contributed by atoms with Crippen LogP contribution in [-0.2, 0) is 6.42 Å². The normalized spacial score (nSPS) is 19.1. The Morgan fingerprint density at radius 3 is 2.74 bits per heavy atom. The third-order valence-electron chi connectivity index (χ3n) is 6.96. The van der Waals surface area contributed by atoms with E-state index >= 15 is 0 Å². The lowest BCUT2D eigenvalue weighted by Crippen LogP contribution is -2.69. The summed E-state index contributed by atoms with van der Waals surface area (Å²) < 4.78 is 10.6. The molecular formula is C26H26Cl2N8OS. The van der Waals surface area contributed by atoms with Crippen LogP contribution in [0, 0.1) is 6.92 Å². The van der Waals surface area contributed by atoms with E-state index in [1.165, 1.54) is 17.1 Å². The Morgan fingerprint density at radius 1 is 1.26 bits per heavy atom. The number of nitrogens with two attached hydrogens (primary N) is 1. The van der Waals surface area contributed by atoms with E-state index in [1.807, 2.05) is 38.1 Å². The topological polar surface area (TPSA) is 117 Å². The molecule has 9 nitrogen and oxygen atoms in total. The van der Waals surface area contributed by atoms with E-state index in [-0.39, 0.29) is 17.7 Å². The lowest BCUT2D eigenvalue weighted by molar-refractivity contribution is 0.145. The van der Waals surface area contributed by atoms with E-state index in [4.69, 9.17) is 33.7 Å². The van der Waals surface area contributed by atoms with Gasteiger partial charge in [-0.1, -0.05) is 29.3 Å². The van der Waals surface area contributed by atoms with Crippen molar-refractivity contribution >= 4 is 51.5 Å². The lowest BCUT2D eigenvalue weighted by Gasteiger charge is -2.49. The quantitative estimate of drug-likeness (QED) is 0.301. The zero-order valence-corrected chi connectivity index (χ0v) is 23.1. The molecule has 0 spiro atoms. The van der Waals surface area contributed by atoms with Gasteiger partial charge in [-0.25, -0.2) is 0 Å². The summed E-state index contributed by atoms with van der Waals surface area (Å²) in [6.07, 6.45) is 7.68. The molecule has 1 aromatic carbocycles. The predicted molar refractivity (Wildman–Crippen MR) is 151 cm³/mol. The van der Waals surface area contributed by atoms with Gasteiger partial charge in [-0.05, 0) is 61.6 Å². The average Bonchev–Trinajstić information content (AvgIpc) is 3.48. The first-order valence-electron chi connectivity index (χ1n) is 12.2. The van der Waals surface area contributed by atoms with Crippen molar-refractivity contribution in [1.82, 2.24) is 29.9 Å². The van der Waals surface area contributed by atoms with E-state index < -0.39 is 0 Å². The molecule has 4 aromatic rings. The zero-order chi connectivity index (χ0) is 26.4. The first-order valence-corrected chi connectivity index (χ1v) is 13.8. The summed E-state index contributed by atoms with van der Waals surface area (Å²) >= 11 is 14.1. The molecule has 2 aliphatic heterocycles. The molecule has 2 aliphatic rings. The number of halogens is 2. The van der Waals surface area contributed by atoms with Crippen LogP contribution in [0.2, 0.25) is 10.0 Å². The van der Waals surface area contributed by atoms with Crippen LogP contribution in [0.5, 0.6) is 5.75 Å². The molecule has 0 bridgehead atoms. The number of hydrogen-bond donors (Lipinski definition) is 3. The molecule has 0 amide bonds. The van der Waals surface area contributed by atoms with Gasteiger partial charge in [0.1, 0.15) is 23.7 Å². The van der Waals surface area contributed by atoms with E-state index in [0.717, 1.165) is 47.6 Å². The van der Waals surface area contributed by atoms with Crippen LogP contribution in [0.15, 0.2) is 53.2 Å². The van der Waals surface area contributed by atoms with Gasteiger partial charge in [0.2, 0.25) is 0 Å². The number of amidine groups is 1. The average molecular weight is 570 g/mol. The van der Waals surface area contributed by atoms with Crippen molar-refractivity contribution in [2.45, 2.75) is 38.0 Å². The first kappa shape index (κ1) is 25.1. The molecule has 0 aliphatic carbocycles. The number of rotatable bonds is 6. The molecule has 0 saturated carbocycles. The summed E-state index contributed by atoms with van der Waals surface area (Å²) in [7, 11) is 0. The van der Waals surface area contributed by atoms with Gasteiger partial charge >= 0.3 is 0 Å². The highest BCUT2D eigenvalue weighted by molar-refractivity contribution is 7.03. The highest BCUT2D eigenvalue weighted by Gasteiger charge is 2.41. The first-order chi connectivity index (χ1) is 18.3. The number of fused-ring (bicyclic) bond motifs is 1. The molecule has 12 heteroatoms. The molecule has 196 valence electrons. The third-order valence-corrected chi connectivity index (χ3v) is 8.33. The number of H-pyrrole nitrogens is 1. The zero-order valence-electron chi connectivity index (χ0n) is 20.8. The van der Waals surface area contributed by atoms with E-state index in [9.17, 15) is 0 Å². The minimum Gasteiger partial charge on any atom is -0.486 e. The number of hydrogen-bond acceptors (Lipinski definition) is 9. The number of nitrogens with zero attached hydrogens (tertiary/aromatic N) is 5. The summed E-state index contributed by atoms with van der Waals surface area (Å²) in [6.45, 7) is 5.43. The van der Waals surface area contributed by atoms with Crippen molar-refractivity contribution in [2.75, 3.05) is 13.1 Å². The molecular weight excluding hydrogens is 543 g/mol. The van der Waals surface area contributed by atoms with Crippen molar-refractivity contribution in [3.63, 3.8) is 0 Å². The molecule has 4 N–H and O–H groups in total. The number of hydrazone groups is 1. The van der Waals surface area contributed by atoms with Gasteiger partial charge in [-0.3, -0.25) is 15.5 Å². The van der Waals surface area contributed by atoms with Gasteiger partial charge in [0.05, 0.1) is 32.5 Å². The maximum absolute atomic E-state index is 6.62. The van der Waals surface area contributed by atoms with Crippen molar-refractivity contribution in [3.8, 4) is 5.75 Å². The fourth-order valence-electron chi connectivity index (χ4n) is 4.98. The molecule has 0 radical (unpaired) electrons. The Balaban J connectivity index is 1.13. The number of ether oxygens (including phenoxy) is 1. The summed E-state index contributed by atoms with van der Waals surface area (Å²) in [5.41, 5.74) is 14.3. The molecule has 5 heterocycles. The minimum atomic E-state index is -0.364. The molecule has 1 fully saturated rings. The molecule has 3 aromatic heterocycles. The maximum Gasteiger partial charge on any atom is 0.148 e. The number of aryl methyl sites for hydroxylation is 1. The number of aromatic nitrogens is 4. The van der Waals surface area contributed by atoms with Crippen molar-refractivity contribution in [2.24, 2.45) is 10.8 Å². The fourth-order valence-corrected chi connectivity index (χ4v) is 6.36. The Morgan fingerprint density at radius 2 is 2.05 bits per heavy atom. The lowest BCUT2D eigenvalue weighted by atomic mass is 9.84. The van der Waals surface area contributed by atoms with Crippen LogP contribution in [0.3, 0.4) is 0 Å². The summed E-state index contributed by atoms with van der Waals surface area (Å²) in [5.74, 6) is 1.55. The number of benzene rings is 1. The molecule has 6 rings (SSSR count). The molecule has 2 atom stereocenters. The third kappa shape index (κ3) is 4.73. The number of pyridine rings is 1. The van der Waals surface area contributed by atoms with Gasteiger partial charge in [-0.2, -0.15) is 14.6 Å². The highest BCUT2D eigenvalue weighted by Crippen LogP contribution is 2.34. The standard InChI is InChI=1S/C26H26Cl2N8OS/c1-14-16(11-38-35-14)8-26(29)12-36(13-26)23-6-5-22(32-33-23)25-18-7-17(3-4-21(18)31-34-25)37-15(2)24-19(27)9-30-10-20(24)28/h3-7,9-11,15,22,32H,8,12-13,29H2,1-2H3,(H,31,34)/t15-,22?/m1/s1. The number of aromatic amines is 1. The second kappa shape index (κ2) is 9.85. The van der Waals surface area contributed by atoms with Crippen LogP contribution in [-0.4, -0.2) is 48.9 Å². The maximum atomic E-state index is 6.62. The van der Waals surface area contributed by atoms with Crippen LogP contribution in [0.4, 0.5) is 0 Å². The van der Waals surface area contributed by atoms with Gasteiger partial charge in [0, 0.05) is 41.8 Å². The Hall–Kier alpha value is -3.18. The summed E-state index contributed by atoms with van der Waals surface area (Å²) in [4.78, 5) is 6.20. The number of likely N-dealkylation sites (tertiary alicyclic amines) is 1. The summed E-state index contributed by atoms with van der Waals surface area (Å²) in [5, 5.41) is 16.2. The Labute approximate surface area is 233 Å². The van der Waals surface area contributed by atoms with Crippen LogP contribution in [0.1, 0.15) is 41.6 Å². The van der Waals surface area contributed by atoms with Crippen molar-refractivity contribution in [3.05, 3.63) is 80.7 Å². The molecule has 1 unspecified atom stereocenters. The smallest absolute Gasteiger partial charge is 0.148 e. The van der Waals surface area contributed by atoms with Crippen LogP contribution in [0.25, 0.3) is 10.9 Å². The number of nitrogens with one attached hydrogen (secondary N) is 2. The second-order valence-corrected chi connectivity index (χ2v) is 11.3. The fraction of sp³-hybridized carbons (Fsp3) is 0.308. The largest absolute Gasteiger partial charge is 0.486 e. The predicted octanol–water partition coefficient (Wildman–Crippen LogP) is 4.94. The van der Waals surface area contributed by atoms with E-state index in [1.54, 1.807) is 12.4 Å². The molecule has 1 saturated heterocycles. The van der Waals surface area contributed by atoms with Gasteiger partial charge < -0.3 is 15.4 Å². The van der Waals surface area contributed by atoms with Crippen molar-refractivity contribution < 1.29 is 4.74 Å². The Kier molecular flexibility index (Phi) is 6.51. The van der Waals surface area contributed by atoms with Crippen molar-refractivity contribution in [1.29, 1.82) is 0 Å². The monoisotopic (exact) mass is 568 g/mol. The Bertz CT molecular complexity index is 1540. The summed E-state index contributed by atoms with van der Waals surface area (Å²) in [6, 6.07) is 5.59. The van der Waals surface area contributed by atoms with E-state index in [2.05, 4.69) is 46.4 Å². The highest BCUT2D eigenvalue weighted by atomic mass is 35.5. The van der Waals surface area contributed by atoms with Gasteiger partial charge in [0.25, 0.3) is 0 Å². The second-order valence-electron chi connectivity index (χ2n) is 9.85. The molecule has 38 heavy (non-hydrogen) atoms.